The van der Waals surface area contributed by atoms with Crippen molar-refractivity contribution >= 4 is 33.2 Å². The van der Waals surface area contributed by atoms with E-state index < -0.39 is 0 Å². The fourth-order valence-corrected chi connectivity index (χ4v) is 3.72. The van der Waals surface area contributed by atoms with E-state index in [1.165, 1.54) is 4.88 Å². The van der Waals surface area contributed by atoms with Gasteiger partial charge in [0.25, 0.3) is 0 Å². The maximum Gasteiger partial charge on any atom is 0.236 e. The fourth-order valence-electron chi connectivity index (χ4n) is 2.24. The number of carbonyl (C=O) groups excluding carboxylic acids is 1. The summed E-state index contributed by atoms with van der Waals surface area (Å²) in [6.45, 7) is 5.23. The molecule has 1 aromatic rings. The van der Waals surface area contributed by atoms with Crippen LogP contribution in [0.15, 0.2) is 17.5 Å². The number of amides is 1. The highest BCUT2D eigenvalue weighted by molar-refractivity contribution is 9.10. The summed E-state index contributed by atoms with van der Waals surface area (Å²) in [6, 6.07) is 4.43. The van der Waals surface area contributed by atoms with E-state index in [2.05, 4.69) is 47.3 Å². The SMILES string of the molecule is CC(C)C(c1cccs1)N1CCC(Br)C1=O. The summed E-state index contributed by atoms with van der Waals surface area (Å²) in [6.07, 6.45) is 0.924. The van der Waals surface area contributed by atoms with Crippen LogP contribution < -0.4 is 0 Å². The summed E-state index contributed by atoms with van der Waals surface area (Å²) in [7, 11) is 0. The average Bonchev–Trinajstić information content (AvgIpc) is 2.83. The van der Waals surface area contributed by atoms with E-state index in [1.54, 1.807) is 11.3 Å². The molecule has 1 fully saturated rings. The van der Waals surface area contributed by atoms with Gasteiger partial charge in [-0.05, 0) is 23.8 Å². The molecule has 0 aliphatic carbocycles. The molecule has 2 atom stereocenters. The van der Waals surface area contributed by atoms with Gasteiger partial charge in [-0.25, -0.2) is 0 Å². The van der Waals surface area contributed by atoms with Gasteiger partial charge in [0.2, 0.25) is 5.91 Å². The second-order valence-corrected chi connectivity index (χ2v) is 6.58. The highest BCUT2D eigenvalue weighted by atomic mass is 79.9. The van der Waals surface area contributed by atoms with E-state index in [4.69, 9.17) is 0 Å². The van der Waals surface area contributed by atoms with Gasteiger partial charge in [0.1, 0.15) is 0 Å². The lowest BCUT2D eigenvalue weighted by Gasteiger charge is -2.30. The Morgan fingerprint density at radius 1 is 1.56 bits per heavy atom. The van der Waals surface area contributed by atoms with Crippen molar-refractivity contribution < 1.29 is 4.79 Å². The molecule has 4 heteroatoms. The van der Waals surface area contributed by atoms with Crippen LogP contribution in [0, 0.1) is 5.92 Å². The minimum absolute atomic E-state index is 0.0220. The lowest BCUT2D eigenvalue weighted by molar-refractivity contribution is -0.130. The molecule has 0 aromatic carbocycles. The van der Waals surface area contributed by atoms with Crippen LogP contribution in [0.2, 0.25) is 0 Å². The van der Waals surface area contributed by atoms with Crippen LogP contribution in [-0.2, 0) is 4.79 Å². The molecule has 1 saturated heterocycles. The van der Waals surface area contributed by atoms with Crippen molar-refractivity contribution in [1.82, 2.24) is 4.90 Å². The number of hydrogen-bond acceptors (Lipinski definition) is 2. The van der Waals surface area contributed by atoms with Crippen LogP contribution in [0.25, 0.3) is 0 Å². The van der Waals surface area contributed by atoms with Crippen LogP contribution in [-0.4, -0.2) is 22.2 Å². The third-order valence-corrected chi connectivity index (χ3v) is 4.77. The minimum atomic E-state index is 0.0220. The molecule has 0 spiro atoms. The molecule has 16 heavy (non-hydrogen) atoms. The highest BCUT2D eigenvalue weighted by Gasteiger charge is 2.36. The molecule has 1 aliphatic rings. The third kappa shape index (κ3) is 2.18. The molecule has 1 amide bonds. The maximum atomic E-state index is 12.0. The number of halogens is 1. The summed E-state index contributed by atoms with van der Waals surface area (Å²) >= 11 is 5.18. The summed E-state index contributed by atoms with van der Waals surface area (Å²) in [5, 5.41) is 2.08. The smallest absolute Gasteiger partial charge is 0.236 e. The first kappa shape index (κ1) is 12.1. The molecule has 0 saturated carbocycles. The van der Waals surface area contributed by atoms with Crippen molar-refractivity contribution in [3.63, 3.8) is 0 Å². The number of rotatable bonds is 3. The van der Waals surface area contributed by atoms with Gasteiger partial charge in [-0.3, -0.25) is 4.79 Å². The quantitative estimate of drug-likeness (QED) is 0.783. The first-order valence-electron chi connectivity index (χ1n) is 5.59. The van der Waals surface area contributed by atoms with Gasteiger partial charge < -0.3 is 4.90 Å². The molecule has 1 aliphatic heterocycles. The minimum Gasteiger partial charge on any atom is -0.334 e. The van der Waals surface area contributed by atoms with Gasteiger partial charge in [0.15, 0.2) is 0 Å². The Balaban J connectivity index is 2.24. The summed E-state index contributed by atoms with van der Waals surface area (Å²) in [4.78, 5) is 15.4. The van der Waals surface area contributed by atoms with Crippen LogP contribution in [0.3, 0.4) is 0 Å². The van der Waals surface area contributed by atoms with Crippen LogP contribution in [0.5, 0.6) is 0 Å². The predicted octanol–water partition coefficient (Wildman–Crippen LogP) is 3.44. The monoisotopic (exact) mass is 301 g/mol. The van der Waals surface area contributed by atoms with Crippen LogP contribution in [0.1, 0.15) is 31.2 Å². The van der Waals surface area contributed by atoms with E-state index in [-0.39, 0.29) is 16.8 Å². The van der Waals surface area contributed by atoms with Crippen molar-refractivity contribution in [2.45, 2.75) is 31.1 Å². The van der Waals surface area contributed by atoms with E-state index in [9.17, 15) is 4.79 Å². The summed E-state index contributed by atoms with van der Waals surface area (Å²) < 4.78 is 0. The molecule has 0 bridgehead atoms. The molecule has 2 unspecified atom stereocenters. The van der Waals surface area contributed by atoms with Crippen LogP contribution in [0.4, 0.5) is 0 Å². The molecule has 0 radical (unpaired) electrons. The Labute approximate surface area is 109 Å². The first-order chi connectivity index (χ1) is 7.61. The van der Waals surface area contributed by atoms with Crippen molar-refractivity contribution in [3.8, 4) is 0 Å². The zero-order chi connectivity index (χ0) is 11.7. The number of hydrogen-bond donors (Lipinski definition) is 0. The number of thiophene rings is 1. The average molecular weight is 302 g/mol. The Hall–Kier alpha value is -0.350. The standard InChI is InChI=1S/C12H16BrNOS/c1-8(2)11(10-4-3-7-16-10)14-6-5-9(13)12(14)15/h3-4,7-9,11H,5-6H2,1-2H3. The largest absolute Gasteiger partial charge is 0.334 e. The van der Waals surface area contributed by atoms with Gasteiger partial charge in [-0.2, -0.15) is 0 Å². The van der Waals surface area contributed by atoms with Crippen molar-refractivity contribution in [1.29, 1.82) is 0 Å². The zero-order valence-electron chi connectivity index (χ0n) is 9.52. The lowest BCUT2D eigenvalue weighted by atomic mass is 10.0. The van der Waals surface area contributed by atoms with Gasteiger partial charge in [0.05, 0.1) is 10.9 Å². The lowest BCUT2D eigenvalue weighted by Crippen LogP contribution is -2.34. The molecule has 2 rings (SSSR count). The Morgan fingerprint density at radius 3 is 2.75 bits per heavy atom. The van der Waals surface area contributed by atoms with Crippen LogP contribution >= 0.6 is 27.3 Å². The highest BCUT2D eigenvalue weighted by Crippen LogP contribution is 2.35. The van der Waals surface area contributed by atoms with E-state index in [0.29, 0.717) is 5.92 Å². The topological polar surface area (TPSA) is 20.3 Å². The predicted molar refractivity (Wildman–Crippen MR) is 70.9 cm³/mol. The van der Waals surface area contributed by atoms with Gasteiger partial charge >= 0.3 is 0 Å². The molecular weight excluding hydrogens is 286 g/mol. The second kappa shape index (κ2) is 4.88. The summed E-state index contributed by atoms with van der Waals surface area (Å²) in [5.41, 5.74) is 0. The van der Waals surface area contributed by atoms with Crippen molar-refractivity contribution in [2.75, 3.05) is 6.54 Å². The maximum absolute atomic E-state index is 12.0. The van der Waals surface area contributed by atoms with Gasteiger partial charge in [-0.15, -0.1) is 11.3 Å². The molecule has 1 aromatic heterocycles. The second-order valence-electron chi connectivity index (χ2n) is 4.49. The first-order valence-corrected chi connectivity index (χ1v) is 7.38. The third-order valence-electron chi connectivity index (χ3n) is 2.98. The number of likely N-dealkylation sites (tertiary alicyclic amines) is 1. The van der Waals surface area contributed by atoms with E-state index in [1.807, 2.05) is 4.90 Å². The molecule has 2 heterocycles. The normalized spacial score (nSPS) is 23.1. The Morgan fingerprint density at radius 2 is 2.31 bits per heavy atom. The number of alkyl halides is 1. The van der Waals surface area contributed by atoms with Gasteiger partial charge in [-0.1, -0.05) is 35.8 Å². The fraction of sp³-hybridized carbons (Fsp3) is 0.583. The van der Waals surface area contributed by atoms with Crippen molar-refractivity contribution in [2.24, 2.45) is 5.92 Å². The zero-order valence-corrected chi connectivity index (χ0v) is 11.9. The summed E-state index contributed by atoms with van der Waals surface area (Å²) in [5.74, 6) is 0.701. The number of carbonyl (C=O) groups is 1. The Bertz CT molecular complexity index is 363. The molecule has 88 valence electrons. The molecule has 2 nitrogen and oxygen atoms in total. The van der Waals surface area contributed by atoms with E-state index >= 15 is 0 Å². The Kier molecular flexibility index (Phi) is 3.70. The molecule has 0 N–H and O–H groups in total. The van der Waals surface area contributed by atoms with Gasteiger partial charge in [0, 0.05) is 11.4 Å². The van der Waals surface area contributed by atoms with E-state index in [0.717, 1.165) is 13.0 Å². The number of nitrogens with zero attached hydrogens (tertiary/aromatic N) is 1. The molecular formula is C12H16BrNOS. The van der Waals surface area contributed by atoms with Crippen molar-refractivity contribution in [3.05, 3.63) is 22.4 Å².